The van der Waals surface area contributed by atoms with E-state index < -0.39 is 12.1 Å². The van der Waals surface area contributed by atoms with Gasteiger partial charge >= 0.3 is 0 Å². The van der Waals surface area contributed by atoms with Crippen LogP contribution in [0.15, 0.2) is 30.3 Å². The molecule has 2 aromatic rings. The molecule has 2 heterocycles. The van der Waals surface area contributed by atoms with Crippen molar-refractivity contribution in [3.8, 4) is 5.75 Å². The number of aromatic nitrogens is 1. The van der Waals surface area contributed by atoms with Gasteiger partial charge in [-0.05, 0) is 49.6 Å². The van der Waals surface area contributed by atoms with Crippen LogP contribution in [0.1, 0.15) is 26.3 Å². The first kappa shape index (κ1) is 19.9. The number of nitrogens with one attached hydrogen (secondary N) is 1. The molecule has 1 aromatic heterocycles. The number of nitrogens with zero attached hydrogens (tertiary/aromatic N) is 2. The molecule has 0 fully saturated rings. The number of ether oxygens (including phenoxy) is 1. The van der Waals surface area contributed by atoms with Crippen molar-refractivity contribution >= 4 is 40.7 Å². The molecule has 2 atom stereocenters. The largest absolute Gasteiger partial charge is 0.476 e. The van der Waals surface area contributed by atoms with Gasteiger partial charge in [0.25, 0.3) is 5.91 Å². The molecule has 1 aliphatic heterocycles. The smallest absolute Gasteiger partial charge is 0.270 e. The lowest BCUT2D eigenvalue weighted by Gasteiger charge is -2.37. The summed E-state index contributed by atoms with van der Waals surface area (Å²) >= 11 is 6.13. The lowest BCUT2D eigenvalue weighted by molar-refractivity contribution is -0.130. The van der Waals surface area contributed by atoms with E-state index in [4.69, 9.17) is 22.1 Å². The van der Waals surface area contributed by atoms with Crippen LogP contribution in [-0.2, 0) is 9.59 Å². The predicted octanol–water partition coefficient (Wildman–Crippen LogP) is 3.40. The molecular weight excluding hydrogens is 380 g/mol. The highest BCUT2D eigenvalue weighted by molar-refractivity contribution is 6.31. The molecule has 2 unspecified atom stereocenters. The Hall–Kier alpha value is -2.80. The second kappa shape index (κ2) is 7.67. The van der Waals surface area contributed by atoms with Crippen molar-refractivity contribution in [1.82, 2.24) is 4.98 Å². The monoisotopic (exact) mass is 402 g/mol. The van der Waals surface area contributed by atoms with Gasteiger partial charge in [-0.2, -0.15) is 0 Å². The van der Waals surface area contributed by atoms with E-state index in [2.05, 4.69) is 10.3 Å². The van der Waals surface area contributed by atoms with E-state index in [1.165, 1.54) is 4.90 Å². The lowest BCUT2D eigenvalue weighted by atomic mass is 10.0. The third-order valence-corrected chi connectivity index (χ3v) is 5.13. The maximum Gasteiger partial charge on any atom is 0.270 e. The van der Waals surface area contributed by atoms with E-state index in [0.717, 1.165) is 5.56 Å². The van der Waals surface area contributed by atoms with Crippen LogP contribution in [0.5, 0.6) is 5.75 Å². The minimum atomic E-state index is -0.830. The summed E-state index contributed by atoms with van der Waals surface area (Å²) in [6, 6.07) is 7.69. The van der Waals surface area contributed by atoms with Crippen LogP contribution in [0.2, 0.25) is 5.02 Å². The molecule has 1 aliphatic rings. The Kier molecular flexibility index (Phi) is 5.47. The van der Waals surface area contributed by atoms with E-state index >= 15 is 0 Å². The minimum Gasteiger partial charge on any atom is -0.476 e. The van der Waals surface area contributed by atoms with Gasteiger partial charge in [0, 0.05) is 10.7 Å². The first-order valence-electron chi connectivity index (χ1n) is 9.03. The molecule has 3 rings (SSSR count). The van der Waals surface area contributed by atoms with Gasteiger partial charge in [0.2, 0.25) is 5.91 Å². The molecule has 2 amide bonds. The van der Waals surface area contributed by atoms with Crippen molar-refractivity contribution in [2.45, 2.75) is 39.8 Å². The van der Waals surface area contributed by atoms with Crippen molar-refractivity contribution in [3.05, 3.63) is 40.9 Å². The van der Waals surface area contributed by atoms with Gasteiger partial charge in [-0.15, -0.1) is 0 Å². The Balaban J connectivity index is 1.95. The molecule has 148 valence electrons. The molecule has 0 bridgehead atoms. The van der Waals surface area contributed by atoms with Crippen molar-refractivity contribution in [2.75, 3.05) is 16.0 Å². The highest BCUT2D eigenvalue weighted by Crippen LogP contribution is 2.36. The first-order chi connectivity index (χ1) is 13.2. The number of halogens is 1. The quantitative estimate of drug-likeness (QED) is 0.816. The molecule has 7 nitrogen and oxygen atoms in total. The van der Waals surface area contributed by atoms with Crippen LogP contribution in [0.25, 0.3) is 0 Å². The summed E-state index contributed by atoms with van der Waals surface area (Å²) in [6.07, 6.45) is -0.707. The van der Waals surface area contributed by atoms with Crippen LogP contribution in [0.4, 0.5) is 17.3 Å². The first-order valence-corrected chi connectivity index (χ1v) is 9.40. The molecular formula is C20H23ClN4O3. The number of rotatable bonds is 4. The predicted molar refractivity (Wildman–Crippen MR) is 110 cm³/mol. The van der Waals surface area contributed by atoms with E-state index in [9.17, 15) is 9.59 Å². The molecule has 0 radical (unpaired) electrons. The summed E-state index contributed by atoms with van der Waals surface area (Å²) in [5, 5.41) is 3.39. The molecule has 0 saturated heterocycles. The van der Waals surface area contributed by atoms with E-state index in [1.807, 2.05) is 20.8 Å². The van der Waals surface area contributed by atoms with Gasteiger partial charge in [0.1, 0.15) is 11.9 Å². The second-order valence-electron chi connectivity index (χ2n) is 7.13. The zero-order chi connectivity index (χ0) is 20.6. The van der Waals surface area contributed by atoms with Crippen LogP contribution in [0, 0.1) is 12.8 Å². The number of carbonyl (C=O) groups is 2. The van der Waals surface area contributed by atoms with Crippen molar-refractivity contribution in [2.24, 2.45) is 5.92 Å². The number of anilines is 3. The lowest BCUT2D eigenvalue weighted by Crippen LogP contribution is -2.55. The molecule has 1 aromatic carbocycles. The molecule has 3 N–H and O–H groups in total. The number of nitrogens with two attached hydrogens (primary N) is 1. The Labute approximate surface area is 168 Å². The highest BCUT2D eigenvalue weighted by atomic mass is 35.5. The highest BCUT2D eigenvalue weighted by Gasteiger charge is 2.41. The number of hydrogen-bond donors (Lipinski definition) is 2. The number of hydrogen-bond acceptors (Lipinski definition) is 5. The van der Waals surface area contributed by atoms with E-state index in [-0.39, 0.29) is 29.4 Å². The van der Waals surface area contributed by atoms with Crippen molar-refractivity contribution in [3.63, 3.8) is 0 Å². The summed E-state index contributed by atoms with van der Waals surface area (Å²) in [5.41, 5.74) is 7.14. The third-order valence-electron chi connectivity index (χ3n) is 4.72. The fourth-order valence-corrected chi connectivity index (χ4v) is 3.21. The van der Waals surface area contributed by atoms with Gasteiger partial charge < -0.3 is 15.8 Å². The van der Waals surface area contributed by atoms with Gasteiger partial charge in [-0.25, -0.2) is 4.98 Å². The summed E-state index contributed by atoms with van der Waals surface area (Å²) in [7, 11) is 0. The summed E-state index contributed by atoms with van der Waals surface area (Å²) < 4.78 is 5.82. The second-order valence-corrected chi connectivity index (χ2v) is 7.53. The minimum absolute atomic E-state index is 0.0776. The Bertz CT molecular complexity index is 932. The average molecular weight is 403 g/mol. The van der Waals surface area contributed by atoms with E-state index in [0.29, 0.717) is 16.5 Å². The van der Waals surface area contributed by atoms with Crippen molar-refractivity contribution in [1.29, 1.82) is 0 Å². The number of amides is 2. The normalized spacial score (nSPS) is 17.1. The summed E-state index contributed by atoms with van der Waals surface area (Å²) in [4.78, 5) is 31.6. The zero-order valence-electron chi connectivity index (χ0n) is 16.2. The SMILES string of the molecule is Cc1c(Cl)cccc1NC(=O)C(C)N1C(=O)C(C(C)C)Oc2ccc(N)nc21. The number of fused-ring (bicyclic) bond motifs is 1. The zero-order valence-corrected chi connectivity index (χ0v) is 16.9. The Morgan fingerprint density at radius 1 is 1.29 bits per heavy atom. The van der Waals surface area contributed by atoms with Crippen LogP contribution in [0.3, 0.4) is 0 Å². The van der Waals surface area contributed by atoms with E-state index in [1.54, 1.807) is 37.3 Å². The van der Waals surface area contributed by atoms with Gasteiger partial charge in [0.05, 0.1) is 0 Å². The van der Waals surface area contributed by atoms with Gasteiger partial charge in [-0.3, -0.25) is 14.5 Å². The van der Waals surface area contributed by atoms with Gasteiger partial charge in [0.15, 0.2) is 17.7 Å². The van der Waals surface area contributed by atoms with Crippen molar-refractivity contribution < 1.29 is 14.3 Å². The molecule has 28 heavy (non-hydrogen) atoms. The summed E-state index contributed by atoms with van der Waals surface area (Å²) in [6.45, 7) is 7.23. The molecule has 8 heteroatoms. The molecule has 0 saturated carbocycles. The fourth-order valence-electron chi connectivity index (χ4n) is 3.04. The molecule has 0 spiro atoms. The number of pyridine rings is 1. The van der Waals surface area contributed by atoms with Crippen LogP contribution < -0.4 is 20.7 Å². The Morgan fingerprint density at radius 3 is 2.68 bits per heavy atom. The summed E-state index contributed by atoms with van der Waals surface area (Å²) in [5.74, 6) is 0.135. The average Bonchev–Trinajstić information content (AvgIpc) is 2.64. The maximum absolute atomic E-state index is 13.1. The maximum atomic E-state index is 13.1. The van der Waals surface area contributed by atoms with Crippen LogP contribution in [-0.4, -0.2) is 28.9 Å². The van der Waals surface area contributed by atoms with Crippen LogP contribution >= 0.6 is 11.6 Å². The Morgan fingerprint density at radius 2 is 2.00 bits per heavy atom. The standard InChI is InChI=1S/C20H23ClN4O3/c1-10(2)17-20(27)25(18-15(28-17)8-9-16(22)24-18)12(4)19(26)23-14-7-5-6-13(21)11(14)3/h5-10,12,17H,1-4H3,(H2,22,24)(H,23,26). The topological polar surface area (TPSA) is 97.5 Å². The molecule has 0 aliphatic carbocycles. The number of benzene rings is 1. The number of carbonyl (C=O) groups excluding carboxylic acids is 2. The third kappa shape index (κ3) is 3.62. The van der Waals surface area contributed by atoms with Gasteiger partial charge in [-0.1, -0.05) is 31.5 Å². The number of nitrogen functional groups attached to an aromatic ring is 1. The fraction of sp³-hybridized carbons (Fsp3) is 0.350.